The van der Waals surface area contributed by atoms with Gasteiger partial charge in [-0.15, -0.1) is 11.3 Å². The van der Waals surface area contributed by atoms with Crippen LogP contribution in [0.25, 0.3) is 21.0 Å². The first-order valence-electron chi connectivity index (χ1n) is 13.3. The first-order valence-corrected chi connectivity index (χ1v) is 16.2. The van der Waals surface area contributed by atoms with E-state index in [1.807, 2.05) is 18.3 Å². The fourth-order valence-corrected chi connectivity index (χ4v) is 6.10. The summed E-state index contributed by atoms with van der Waals surface area (Å²) >= 11 is 2.96. The third kappa shape index (κ3) is 10.3. The van der Waals surface area contributed by atoms with Crippen molar-refractivity contribution in [1.82, 2.24) is 4.98 Å². The average molecular weight is 560 g/mol. The van der Waals surface area contributed by atoms with Crippen molar-refractivity contribution < 1.29 is 18.7 Å². The average Bonchev–Trinajstić information content (AvgIpc) is 3.55. The summed E-state index contributed by atoms with van der Waals surface area (Å²) < 4.78 is 22.3. The van der Waals surface area contributed by atoms with Crippen molar-refractivity contribution in [3.63, 3.8) is 0 Å². The second-order valence-electron chi connectivity index (χ2n) is 8.94. The Hall–Kier alpha value is -2.10. The third-order valence-electron chi connectivity index (χ3n) is 5.88. The number of ether oxygens (including phenoxy) is 1. The van der Waals surface area contributed by atoms with Gasteiger partial charge in [-0.3, -0.25) is 4.98 Å². The molecule has 0 fully saturated rings. The van der Waals surface area contributed by atoms with Gasteiger partial charge in [0.05, 0.1) is 27.6 Å². The van der Waals surface area contributed by atoms with Gasteiger partial charge in [0.1, 0.15) is 5.75 Å². The Morgan fingerprint density at radius 2 is 1.65 bits per heavy atom. The van der Waals surface area contributed by atoms with E-state index in [1.54, 1.807) is 17.4 Å². The predicted octanol–water partition coefficient (Wildman–Crippen LogP) is 9.36. The number of pyridine rings is 1. The number of thiophene rings is 2. The number of hydrogen-bond acceptors (Lipinski definition) is 6. The fraction of sp³-hybridized carbons (Fsp3) is 0.483. The molecule has 0 aliphatic rings. The van der Waals surface area contributed by atoms with Crippen LogP contribution < -0.4 is 9.26 Å². The van der Waals surface area contributed by atoms with Crippen LogP contribution in [-0.2, 0) is 4.57 Å². The van der Waals surface area contributed by atoms with Crippen LogP contribution >= 0.6 is 30.9 Å². The molecule has 37 heavy (non-hydrogen) atoms. The highest BCUT2D eigenvalue weighted by Gasteiger charge is 2.14. The minimum absolute atomic E-state index is 0.404. The van der Waals surface area contributed by atoms with Gasteiger partial charge < -0.3 is 14.2 Å². The summed E-state index contributed by atoms with van der Waals surface area (Å²) in [6.07, 6.45) is 15.0. The van der Waals surface area contributed by atoms with E-state index < -0.39 is 8.25 Å². The summed E-state index contributed by atoms with van der Waals surface area (Å²) in [6, 6.07) is 9.70. The summed E-state index contributed by atoms with van der Waals surface area (Å²) in [5.41, 5.74) is 1.71. The molecule has 3 heterocycles. The van der Waals surface area contributed by atoms with Gasteiger partial charge in [-0.05, 0) is 37.1 Å². The third-order valence-corrected chi connectivity index (χ3v) is 8.44. The van der Waals surface area contributed by atoms with Gasteiger partial charge in [0.25, 0.3) is 0 Å². The second-order valence-corrected chi connectivity index (χ2v) is 11.8. The van der Waals surface area contributed by atoms with E-state index in [1.165, 1.54) is 62.7 Å². The summed E-state index contributed by atoms with van der Waals surface area (Å²) in [5.74, 6) is 7.40. The SMILES string of the molecule is CCCCCCCCC#Cc1ccc(-c2cc(OCCCCCC)c(-c3ccc(O[PH](=O)O)s3)cn2)s1. The lowest BCUT2D eigenvalue weighted by Gasteiger charge is -2.12. The topological polar surface area (TPSA) is 68.7 Å². The lowest BCUT2D eigenvalue weighted by molar-refractivity contribution is 0.306. The number of hydrogen-bond donors (Lipinski definition) is 1. The van der Waals surface area contributed by atoms with E-state index in [0.29, 0.717) is 11.7 Å². The zero-order valence-electron chi connectivity index (χ0n) is 21.9. The van der Waals surface area contributed by atoms with Crippen molar-refractivity contribution in [2.45, 2.75) is 84.5 Å². The molecule has 0 amide bonds. The normalized spacial score (nSPS) is 11.6. The van der Waals surface area contributed by atoms with E-state index in [2.05, 4.69) is 37.8 Å². The Labute approximate surface area is 230 Å². The van der Waals surface area contributed by atoms with E-state index in [0.717, 1.165) is 50.9 Å². The zero-order chi connectivity index (χ0) is 26.3. The molecule has 1 unspecified atom stereocenters. The van der Waals surface area contributed by atoms with Crippen LogP contribution in [0.2, 0.25) is 0 Å². The Bertz CT molecular complexity index is 1180. The van der Waals surface area contributed by atoms with Crippen LogP contribution in [0.4, 0.5) is 0 Å². The minimum atomic E-state index is -3.04. The maximum Gasteiger partial charge on any atom is 0.365 e. The zero-order valence-corrected chi connectivity index (χ0v) is 24.5. The molecule has 0 spiro atoms. The highest BCUT2D eigenvalue weighted by molar-refractivity contribution is 7.33. The first-order chi connectivity index (χ1) is 18.1. The quantitative estimate of drug-likeness (QED) is 0.108. The molecular formula is C29H38NO4PS2. The molecule has 3 rings (SSSR count). The van der Waals surface area contributed by atoms with Gasteiger partial charge in [0.2, 0.25) is 0 Å². The number of aromatic nitrogens is 1. The van der Waals surface area contributed by atoms with E-state index in [9.17, 15) is 4.57 Å². The fourth-order valence-electron chi connectivity index (χ4n) is 3.88. The van der Waals surface area contributed by atoms with Crippen LogP contribution in [-0.4, -0.2) is 16.5 Å². The molecule has 0 aliphatic heterocycles. The Kier molecular flexibility index (Phi) is 13.3. The largest absolute Gasteiger partial charge is 0.493 e. The van der Waals surface area contributed by atoms with Crippen LogP contribution in [0.5, 0.6) is 10.8 Å². The highest BCUT2D eigenvalue weighted by atomic mass is 32.1. The molecule has 0 saturated carbocycles. The van der Waals surface area contributed by atoms with Crippen molar-refractivity contribution in [3.05, 3.63) is 41.4 Å². The second kappa shape index (κ2) is 16.7. The van der Waals surface area contributed by atoms with Gasteiger partial charge in [-0.1, -0.05) is 88.4 Å². The van der Waals surface area contributed by atoms with Crippen molar-refractivity contribution >= 4 is 30.9 Å². The molecule has 0 radical (unpaired) electrons. The summed E-state index contributed by atoms with van der Waals surface area (Å²) in [6.45, 7) is 5.07. The van der Waals surface area contributed by atoms with E-state index >= 15 is 0 Å². The molecule has 0 aromatic carbocycles. The smallest absolute Gasteiger partial charge is 0.365 e. The van der Waals surface area contributed by atoms with Gasteiger partial charge >= 0.3 is 8.25 Å². The number of nitrogens with zero attached hydrogens (tertiary/aromatic N) is 1. The van der Waals surface area contributed by atoms with E-state index in [-0.39, 0.29) is 0 Å². The molecule has 3 aromatic rings. The van der Waals surface area contributed by atoms with Gasteiger partial charge in [-0.2, -0.15) is 0 Å². The molecule has 3 aromatic heterocycles. The molecule has 1 atom stereocenters. The maximum atomic E-state index is 11.1. The van der Waals surface area contributed by atoms with Crippen molar-refractivity contribution in [1.29, 1.82) is 0 Å². The number of unbranched alkanes of at least 4 members (excludes halogenated alkanes) is 9. The Morgan fingerprint density at radius 1 is 0.919 bits per heavy atom. The van der Waals surface area contributed by atoms with E-state index in [4.69, 9.17) is 19.1 Å². The molecule has 200 valence electrons. The van der Waals surface area contributed by atoms with Gasteiger partial charge in [0.15, 0.2) is 5.06 Å². The lowest BCUT2D eigenvalue weighted by Crippen LogP contribution is -1.99. The molecule has 0 bridgehead atoms. The standard InChI is InChI=1S/C29H38NO4PS2/c1-3-5-7-9-10-11-12-13-15-23-16-17-28(36-23)25-21-26(33-20-14-8-6-4-2)24(22-30-25)27-18-19-29(37-27)34-35(31)32/h16-19,21-22,35H,3-12,14,20H2,1-2H3,(H,31,32). The van der Waals surface area contributed by atoms with Crippen molar-refractivity contribution in [3.8, 4) is 43.7 Å². The van der Waals surface area contributed by atoms with Crippen LogP contribution in [0.15, 0.2) is 36.5 Å². The Balaban J connectivity index is 1.70. The monoisotopic (exact) mass is 559 g/mol. The minimum Gasteiger partial charge on any atom is -0.493 e. The van der Waals surface area contributed by atoms with Gasteiger partial charge in [0, 0.05) is 23.6 Å². The van der Waals surface area contributed by atoms with Crippen LogP contribution in [0.3, 0.4) is 0 Å². The van der Waals surface area contributed by atoms with Crippen molar-refractivity contribution in [2.75, 3.05) is 6.61 Å². The molecule has 8 heteroatoms. The molecule has 0 aliphatic carbocycles. The molecule has 1 N–H and O–H groups in total. The maximum absolute atomic E-state index is 11.1. The predicted molar refractivity (Wildman–Crippen MR) is 157 cm³/mol. The first kappa shape index (κ1) is 29.5. The molecular weight excluding hydrogens is 521 g/mol. The summed E-state index contributed by atoms with van der Waals surface area (Å²) in [5, 5.41) is 0.404. The Morgan fingerprint density at radius 3 is 2.43 bits per heavy atom. The highest BCUT2D eigenvalue weighted by Crippen LogP contribution is 2.41. The van der Waals surface area contributed by atoms with Crippen molar-refractivity contribution in [2.24, 2.45) is 0 Å². The molecule has 5 nitrogen and oxygen atoms in total. The lowest BCUT2D eigenvalue weighted by atomic mass is 10.1. The van der Waals surface area contributed by atoms with Crippen LogP contribution in [0.1, 0.15) is 89.4 Å². The molecule has 0 saturated heterocycles. The summed E-state index contributed by atoms with van der Waals surface area (Å²) in [7, 11) is -3.04. The van der Waals surface area contributed by atoms with Gasteiger partial charge in [-0.25, -0.2) is 4.57 Å². The summed E-state index contributed by atoms with van der Waals surface area (Å²) in [4.78, 5) is 16.8. The number of rotatable bonds is 16. The van der Waals surface area contributed by atoms with Crippen LogP contribution in [0, 0.1) is 11.8 Å².